The van der Waals surface area contributed by atoms with Crippen LogP contribution in [0.5, 0.6) is 0 Å². The van der Waals surface area contributed by atoms with Crippen LogP contribution in [0.15, 0.2) is 0 Å². The molecule has 0 spiro atoms. The lowest BCUT2D eigenvalue weighted by Gasteiger charge is -2.30. The first-order chi connectivity index (χ1) is 8.81. The fourth-order valence-electron chi connectivity index (χ4n) is 2.46. The van der Waals surface area contributed by atoms with E-state index in [1.165, 1.54) is 0 Å². The number of nitrogens with two attached hydrogens (primary N) is 1. The standard InChI is InChI=1S/C13H27NO4S/c1-10(2)11(9-19(14,15)16)8-18-13-6-4-5-12(7-13)17-3/h10-13H,4-9H2,1-3H3,(H2,14,15,16). The summed E-state index contributed by atoms with van der Waals surface area (Å²) >= 11 is 0. The van der Waals surface area contributed by atoms with E-state index in [2.05, 4.69) is 0 Å². The van der Waals surface area contributed by atoms with Gasteiger partial charge < -0.3 is 9.47 Å². The molecular weight excluding hydrogens is 266 g/mol. The van der Waals surface area contributed by atoms with Crippen molar-refractivity contribution in [3.05, 3.63) is 0 Å². The predicted molar refractivity (Wildman–Crippen MR) is 75.3 cm³/mol. The van der Waals surface area contributed by atoms with Gasteiger partial charge in [-0.3, -0.25) is 0 Å². The zero-order valence-electron chi connectivity index (χ0n) is 12.2. The second-order valence-electron chi connectivity index (χ2n) is 5.81. The van der Waals surface area contributed by atoms with Gasteiger partial charge in [0.25, 0.3) is 0 Å². The summed E-state index contributed by atoms with van der Waals surface area (Å²) in [5.41, 5.74) is 0. The highest BCUT2D eigenvalue weighted by Crippen LogP contribution is 2.24. The molecule has 0 bridgehead atoms. The Kier molecular flexibility index (Phi) is 6.73. The molecule has 1 aliphatic carbocycles. The number of primary sulfonamides is 1. The van der Waals surface area contributed by atoms with Gasteiger partial charge in [0, 0.05) is 7.11 Å². The summed E-state index contributed by atoms with van der Waals surface area (Å²) in [6.45, 7) is 4.45. The van der Waals surface area contributed by atoms with Gasteiger partial charge in [0.05, 0.1) is 24.6 Å². The van der Waals surface area contributed by atoms with Crippen LogP contribution < -0.4 is 5.14 Å². The van der Waals surface area contributed by atoms with Crippen molar-refractivity contribution < 1.29 is 17.9 Å². The molecule has 0 aliphatic heterocycles. The van der Waals surface area contributed by atoms with Crippen LogP contribution in [0, 0.1) is 11.8 Å². The van der Waals surface area contributed by atoms with Crippen molar-refractivity contribution in [2.45, 2.75) is 51.7 Å². The summed E-state index contributed by atoms with van der Waals surface area (Å²) in [5.74, 6) is 0.184. The second-order valence-corrected chi connectivity index (χ2v) is 7.47. The fraction of sp³-hybridized carbons (Fsp3) is 1.00. The molecule has 6 heteroatoms. The third-order valence-corrected chi connectivity index (χ3v) is 4.74. The normalized spacial score (nSPS) is 26.6. The van der Waals surface area contributed by atoms with Crippen LogP contribution in [0.2, 0.25) is 0 Å². The molecule has 0 aromatic rings. The van der Waals surface area contributed by atoms with E-state index in [1.54, 1.807) is 7.11 Å². The minimum atomic E-state index is -3.44. The topological polar surface area (TPSA) is 78.6 Å². The molecule has 1 fully saturated rings. The van der Waals surface area contributed by atoms with Crippen molar-refractivity contribution in [2.24, 2.45) is 17.0 Å². The highest BCUT2D eigenvalue weighted by molar-refractivity contribution is 7.89. The predicted octanol–water partition coefficient (Wildman–Crippen LogP) is 1.52. The van der Waals surface area contributed by atoms with E-state index in [0.717, 1.165) is 25.7 Å². The number of hydrogen-bond acceptors (Lipinski definition) is 4. The van der Waals surface area contributed by atoms with Gasteiger partial charge >= 0.3 is 0 Å². The Morgan fingerprint density at radius 2 is 1.89 bits per heavy atom. The van der Waals surface area contributed by atoms with Gasteiger partial charge in [-0.05, 0) is 37.5 Å². The number of hydrogen-bond donors (Lipinski definition) is 1. The van der Waals surface area contributed by atoms with Crippen LogP contribution in [0.4, 0.5) is 0 Å². The minimum Gasteiger partial charge on any atom is -0.381 e. The summed E-state index contributed by atoms with van der Waals surface area (Å²) in [4.78, 5) is 0. The Morgan fingerprint density at radius 3 is 2.42 bits per heavy atom. The highest BCUT2D eigenvalue weighted by atomic mass is 32.2. The summed E-state index contributed by atoms with van der Waals surface area (Å²) in [6.07, 6.45) is 4.57. The van der Waals surface area contributed by atoms with Gasteiger partial charge in [-0.15, -0.1) is 0 Å². The molecule has 0 amide bonds. The van der Waals surface area contributed by atoms with Crippen molar-refractivity contribution in [3.63, 3.8) is 0 Å². The molecule has 0 heterocycles. The Morgan fingerprint density at radius 1 is 1.26 bits per heavy atom. The van der Waals surface area contributed by atoms with Crippen LogP contribution in [0.3, 0.4) is 0 Å². The molecule has 0 aromatic carbocycles. The summed E-state index contributed by atoms with van der Waals surface area (Å²) in [6, 6.07) is 0. The number of rotatable bonds is 7. The lowest BCUT2D eigenvalue weighted by atomic mass is 9.94. The zero-order valence-corrected chi connectivity index (χ0v) is 13.0. The van der Waals surface area contributed by atoms with Gasteiger partial charge in [-0.2, -0.15) is 0 Å². The van der Waals surface area contributed by atoms with Crippen molar-refractivity contribution in [2.75, 3.05) is 19.5 Å². The van der Waals surface area contributed by atoms with Crippen molar-refractivity contribution in [1.82, 2.24) is 0 Å². The molecule has 2 N–H and O–H groups in total. The molecule has 1 aliphatic rings. The number of ether oxygens (including phenoxy) is 2. The van der Waals surface area contributed by atoms with Gasteiger partial charge in [0.15, 0.2) is 0 Å². The lowest BCUT2D eigenvalue weighted by Crippen LogP contribution is -2.33. The van der Waals surface area contributed by atoms with Crippen molar-refractivity contribution in [1.29, 1.82) is 0 Å². The maximum atomic E-state index is 11.2. The molecule has 114 valence electrons. The molecule has 3 unspecified atom stereocenters. The van der Waals surface area contributed by atoms with Gasteiger partial charge in [0.1, 0.15) is 0 Å². The van der Waals surface area contributed by atoms with E-state index < -0.39 is 10.0 Å². The second kappa shape index (κ2) is 7.57. The van der Waals surface area contributed by atoms with Crippen molar-refractivity contribution >= 4 is 10.0 Å². The Labute approximate surface area is 116 Å². The molecule has 3 atom stereocenters. The van der Waals surface area contributed by atoms with Crippen LogP contribution in [0.1, 0.15) is 39.5 Å². The average Bonchev–Trinajstić information content (AvgIpc) is 2.33. The summed E-state index contributed by atoms with van der Waals surface area (Å²) < 4.78 is 33.6. The Balaban J connectivity index is 2.43. The van der Waals surface area contributed by atoms with Crippen LogP contribution in [0.25, 0.3) is 0 Å². The minimum absolute atomic E-state index is 0.00884. The molecule has 0 radical (unpaired) electrons. The van der Waals surface area contributed by atoms with Crippen LogP contribution in [-0.4, -0.2) is 40.1 Å². The van der Waals surface area contributed by atoms with E-state index in [1.807, 2.05) is 13.8 Å². The maximum Gasteiger partial charge on any atom is 0.209 e. The third-order valence-electron chi connectivity index (χ3n) is 3.85. The highest BCUT2D eigenvalue weighted by Gasteiger charge is 2.25. The Hall–Kier alpha value is -0.170. The number of methoxy groups -OCH3 is 1. The SMILES string of the molecule is COC1CCCC(OCC(CS(N)(=O)=O)C(C)C)C1. The summed E-state index contributed by atoms with van der Waals surface area (Å²) in [7, 11) is -1.71. The fourth-order valence-corrected chi connectivity index (χ4v) is 3.54. The lowest BCUT2D eigenvalue weighted by molar-refractivity contribution is -0.0419. The van der Waals surface area contributed by atoms with E-state index in [9.17, 15) is 8.42 Å². The van der Waals surface area contributed by atoms with Gasteiger partial charge in [-0.25, -0.2) is 13.6 Å². The third kappa shape index (κ3) is 6.70. The molecule has 1 saturated carbocycles. The first-order valence-electron chi connectivity index (χ1n) is 6.96. The van der Waals surface area contributed by atoms with Gasteiger partial charge in [-0.1, -0.05) is 13.8 Å². The van der Waals surface area contributed by atoms with Crippen LogP contribution in [-0.2, 0) is 19.5 Å². The number of sulfonamides is 1. The zero-order chi connectivity index (χ0) is 14.5. The van der Waals surface area contributed by atoms with E-state index in [4.69, 9.17) is 14.6 Å². The Bertz CT molecular complexity index is 356. The molecule has 5 nitrogen and oxygen atoms in total. The van der Waals surface area contributed by atoms with Crippen molar-refractivity contribution in [3.8, 4) is 0 Å². The molecule has 1 rings (SSSR count). The first kappa shape index (κ1) is 16.9. The molecule has 0 aromatic heterocycles. The first-order valence-corrected chi connectivity index (χ1v) is 8.68. The molecule has 19 heavy (non-hydrogen) atoms. The smallest absolute Gasteiger partial charge is 0.209 e. The monoisotopic (exact) mass is 293 g/mol. The largest absolute Gasteiger partial charge is 0.381 e. The molecule has 0 saturated heterocycles. The van der Waals surface area contributed by atoms with Crippen LogP contribution >= 0.6 is 0 Å². The molecular formula is C13H27NO4S. The maximum absolute atomic E-state index is 11.2. The quantitative estimate of drug-likeness (QED) is 0.772. The average molecular weight is 293 g/mol. The van der Waals surface area contributed by atoms with E-state index in [-0.39, 0.29) is 29.8 Å². The van der Waals surface area contributed by atoms with Gasteiger partial charge in [0.2, 0.25) is 10.0 Å². The van der Waals surface area contributed by atoms with E-state index in [0.29, 0.717) is 6.61 Å². The van der Waals surface area contributed by atoms with E-state index >= 15 is 0 Å². The summed E-state index contributed by atoms with van der Waals surface area (Å²) in [5, 5.41) is 5.12.